The van der Waals surface area contributed by atoms with Gasteiger partial charge in [0, 0.05) is 15.9 Å². The van der Waals surface area contributed by atoms with Gasteiger partial charge in [-0.3, -0.25) is 0 Å². The summed E-state index contributed by atoms with van der Waals surface area (Å²) in [5.41, 5.74) is 2.17. The second-order valence-corrected chi connectivity index (χ2v) is 5.48. The summed E-state index contributed by atoms with van der Waals surface area (Å²) in [6.07, 6.45) is 2.16. The zero-order valence-electron chi connectivity index (χ0n) is 10.6. The lowest BCUT2D eigenvalue weighted by Gasteiger charge is -2.12. The molecule has 2 aromatic carbocycles. The molecule has 0 radical (unpaired) electrons. The Balaban J connectivity index is 2.19. The Morgan fingerprint density at radius 1 is 1.00 bits per heavy atom. The Morgan fingerprint density at radius 2 is 1.79 bits per heavy atom. The highest BCUT2D eigenvalue weighted by atomic mass is 79.9. The Bertz CT molecular complexity index is 513. The van der Waals surface area contributed by atoms with Crippen LogP contribution in [-0.4, -0.2) is 11.9 Å². The van der Waals surface area contributed by atoms with Crippen LogP contribution in [0.1, 0.15) is 12.8 Å². The quantitative estimate of drug-likeness (QED) is 0.494. The number of hydrogen-bond acceptors (Lipinski definition) is 1. The van der Waals surface area contributed by atoms with Crippen LogP contribution in [0.5, 0.6) is 5.75 Å². The Hall–Kier alpha value is -0.990. The van der Waals surface area contributed by atoms with E-state index in [4.69, 9.17) is 16.3 Å². The molecule has 0 saturated carbocycles. The van der Waals surface area contributed by atoms with Crippen molar-refractivity contribution in [1.29, 1.82) is 0 Å². The molecule has 0 heterocycles. The number of unbranched alkanes of at least 4 members (excludes halogenated alkanes) is 1. The largest absolute Gasteiger partial charge is 0.493 e. The molecule has 3 heteroatoms. The van der Waals surface area contributed by atoms with Crippen molar-refractivity contribution in [3.05, 3.63) is 53.6 Å². The second-order valence-electron chi connectivity index (χ2n) is 4.25. The molecule has 0 N–H and O–H groups in total. The van der Waals surface area contributed by atoms with Crippen molar-refractivity contribution in [3.8, 4) is 16.9 Å². The molecule has 0 aromatic heterocycles. The van der Waals surface area contributed by atoms with E-state index in [1.54, 1.807) is 0 Å². The predicted octanol–water partition coefficient (Wildman–Crippen LogP) is 5.56. The first-order valence-corrected chi connectivity index (χ1v) is 7.85. The highest BCUT2D eigenvalue weighted by molar-refractivity contribution is 9.09. The normalized spacial score (nSPS) is 10.4. The molecular formula is C16H16BrClO. The minimum Gasteiger partial charge on any atom is -0.493 e. The molecule has 1 nitrogen and oxygen atoms in total. The van der Waals surface area contributed by atoms with Crippen molar-refractivity contribution in [3.63, 3.8) is 0 Å². The van der Waals surface area contributed by atoms with Crippen molar-refractivity contribution < 1.29 is 4.74 Å². The summed E-state index contributed by atoms with van der Waals surface area (Å²) in [7, 11) is 0. The zero-order chi connectivity index (χ0) is 13.5. The first-order valence-electron chi connectivity index (χ1n) is 6.35. The number of rotatable bonds is 6. The number of alkyl halides is 1. The van der Waals surface area contributed by atoms with Gasteiger partial charge in [-0.2, -0.15) is 0 Å². The summed E-state index contributed by atoms with van der Waals surface area (Å²) >= 11 is 9.51. The van der Waals surface area contributed by atoms with Gasteiger partial charge in [0.1, 0.15) is 5.75 Å². The first kappa shape index (κ1) is 14.4. The fourth-order valence-corrected chi connectivity index (χ4v) is 2.42. The van der Waals surface area contributed by atoms with E-state index in [1.807, 2.05) is 36.4 Å². The molecule has 0 fully saturated rings. The van der Waals surface area contributed by atoms with E-state index in [0.29, 0.717) is 0 Å². The van der Waals surface area contributed by atoms with Gasteiger partial charge in [0.05, 0.1) is 6.61 Å². The molecular weight excluding hydrogens is 324 g/mol. The van der Waals surface area contributed by atoms with Crippen LogP contribution in [0, 0.1) is 0 Å². The maximum absolute atomic E-state index is 6.09. The van der Waals surface area contributed by atoms with Gasteiger partial charge in [-0.15, -0.1) is 0 Å². The van der Waals surface area contributed by atoms with E-state index in [0.717, 1.165) is 46.7 Å². The van der Waals surface area contributed by atoms with Crippen LogP contribution in [0.15, 0.2) is 48.5 Å². The predicted molar refractivity (Wildman–Crippen MR) is 85.4 cm³/mol. The molecule has 0 unspecified atom stereocenters. The van der Waals surface area contributed by atoms with E-state index in [1.165, 1.54) is 0 Å². The molecule has 0 atom stereocenters. The van der Waals surface area contributed by atoms with Gasteiger partial charge in [0.2, 0.25) is 0 Å². The number of benzene rings is 2. The topological polar surface area (TPSA) is 9.23 Å². The lowest BCUT2D eigenvalue weighted by molar-refractivity contribution is 0.311. The van der Waals surface area contributed by atoms with Crippen LogP contribution in [0.25, 0.3) is 11.1 Å². The molecule has 19 heavy (non-hydrogen) atoms. The van der Waals surface area contributed by atoms with Crippen LogP contribution in [0.3, 0.4) is 0 Å². The van der Waals surface area contributed by atoms with Gasteiger partial charge in [0.25, 0.3) is 0 Å². The molecule has 100 valence electrons. The number of halogens is 2. The lowest BCUT2D eigenvalue weighted by Crippen LogP contribution is -1.99. The van der Waals surface area contributed by atoms with Gasteiger partial charge in [0.15, 0.2) is 0 Å². The average Bonchev–Trinajstić information content (AvgIpc) is 2.46. The summed E-state index contributed by atoms with van der Waals surface area (Å²) < 4.78 is 5.87. The minimum atomic E-state index is 0.728. The summed E-state index contributed by atoms with van der Waals surface area (Å²) in [6.45, 7) is 0.729. The van der Waals surface area contributed by atoms with Crippen molar-refractivity contribution in [2.75, 3.05) is 11.9 Å². The Kier molecular flexibility index (Phi) is 5.74. The van der Waals surface area contributed by atoms with Gasteiger partial charge >= 0.3 is 0 Å². The molecule has 0 bridgehead atoms. The van der Waals surface area contributed by atoms with E-state index in [9.17, 15) is 0 Å². The Labute approximate surface area is 127 Å². The monoisotopic (exact) mass is 338 g/mol. The van der Waals surface area contributed by atoms with Crippen molar-refractivity contribution >= 4 is 27.5 Å². The fourth-order valence-electron chi connectivity index (χ4n) is 1.85. The van der Waals surface area contributed by atoms with Crippen molar-refractivity contribution in [1.82, 2.24) is 0 Å². The van der Waals surface area contributed by atoms with E-state index in [2.05, 4.69) is 28.1 Å². The van der Waals surface area contributed by atoms with E-state index in [-0.39, 0.29) is 0 Å². The maximum Gasteiger partial charge on any atom is 0.127 e. The van der Waals surface area contributed by atoms with Crippen LogP contribution in [-0.2, 0) is 0 Å². The minimum absolute atomic E-state index is 0.728. The summed E-state index contributed by atoms with van der Waals surface area (Å²) in [6, 6.07) is 15.9. The molecule has 0 amide bonds. The SMILES string of the molecule is Clc1ccc(OCCCCBr)c(-c2ccccc2)c1. The summed E-state index contributed by atoms with van der Waals surface area (Å²) in [4.78, 5) is 0. The van der Waals surface area contributed by atoms with Gasteiger partial charge in [-0.05, 0) is 36.6 Å². The smallest absolute Gasteiger partial charge is 0.127 e. The van der Waals surface area contributed by atoms with Crippen molar-refractivity contribution in [2.45, 2.75) is 12.8 Å². The highest BCUT2D eigenvalue weighted by Gasteiger charge is 2.07. The average molecular weight is 340 g/mol. The molecule has 0 aliphatic carbocycles. The van der Waals surface area contributed by atoms with E-state index >= 15 is 0 Å². The number of hydrogen-bond donors (Lipinski definition) is 0. The summed E-state index contributed by atoms with van der Waals surface area (Å²) in [5.74, 6) is 0.894. The molecule has 0 aliphatic rings. The third-order valence-corrected chi connectivity index (χ3v) is 3.61. The standard InChI is InChI=1S/C16H16BrClO/c17-10-4-5-11-19-16-9-8-14(18)12-15(16)13-6-2-1-3-7-13/h1-3,6-9,12H,4-5,10-11H2. The fraction of sp³-hybridized carbons (Fsp3) is 0.250. The lowest BCUT2D eigenvalue weighted by atomic mass is 10.0. The number of ether oxygens (including phenoxy) is 1. The van der Waals surface area contributed by atoms with Gasteiger partial charge < -0.3 is 4.74 Å². The summed E-state index contributed by atoms with van der Waals surface area (Å²) in [5, 5.41) is 1.74. The third-order valence-electron chi connectivity index (χ3n) is 2.81. The molecule has 0 aliphatic heterocycles. The maximum atomic E-state index is 6.09. The van der Waals surface area contributed by atoms with Gasteiger partial charge in [-0.25, -0.2) is 0 Å². The molecule has 2 rings (SSSR count). The zero-order valence-corrected chi connectivity index (χ0v) is 13.0. The van der Waals surface area contributed by atoms with Crippen molar-refractivity contribution in [2.24, 2.45) is 0 Å². The third kappa shape index (κ3) is 4.26. The van der Waals surface area contributed by atoms with Gasteiger partial charge in [-0.1, -0.05) is 57.9 Å². The van der Waals surface area contributed by atoms with Crippen LogP contribution in [0.2, 0.25) is 5.02 Å². The van der Waals surface area contributed by atoms with Crippen LogP contribution >= 0.6 is 27.5 Å². The molecule has 2 aromatic rings. The highest BCUT2D eigenvalue weighted by Crippen LogP contribution is 2.32. The molecule has 0 saturated heterocycles. The molecule has 0 spiro atoms. The van der Waals surface area contributed by atoms with E-state index < -0.39 is 0 Å². The first-order chi connectivity index (χ1) is 9.31. The van der Waals surface area contributed by atoms with Crippen LogP contribution < -0.4 is 4.74 Å². The Morgan fingerprint density at radius 3 is 2.53 bits per heavy atom. The van der Waals surface area contributed by atoms with Crippen LogP contribution in [0.4, 0.5) is 0 Å². The second kappa shape index (κ2) is 7.56.